The first-order valence-corrected chi connectivity index (χ1v) is 6.92. The Hall–Kier alpha value is -2.66. The maximum atomic E-state index is 5.97. The number of pyridine rings is 1. The standard InChI is InChI=1S/C16H12ClN3O2/c1-3-12(21-4-2)14-15(13-6-5-7-22-13)19-11-8-10(17)9-18-16(11)20-14/h3-9H,2H2,1H3/b12-3-. The van der Waals surface area contributed by atoms with E-state index in [1.807, 2.05) is 6.92 Å². The maximum Gasteiger partial charge on any atom is 0.179 e. The summed E-state index contributed by atoms with van der Waals surface area (Å²) in [4.78, 5) is 13.3. The average Bonchev–Trinajstić information content (AvgIpc) is 3.05. The Balaban J connectivity index is 2.30. The van der Waals surface area contributed by atoms with Crippen LogP contribution in [0.25, 0.3) is 28.4 Å². The molecule has 0 aromatic carbocycles. The van der Waals surface area contributed by atoms with Crippen LogP contribution in [-0.2, 0) is 4.74 Å². The number of aromatic nitrogens is 3. The third-order valence-corrected chi connectivity index (χ3v) is 3.16. The van der Waals surface area contributed by atoms with Crippen molar-refractivity contribution < 1.29 is 9.15 Å². The number of nitrogens with zero attached hydrogens (tertiary/aromatic N) is 3. The lowest BCUT2D eigenvalue weighted by molar-refractivity contribution is 0.435. The zero-order valence-electron chi connectivity index (χ0n) is 11.8. The quantitative estimate of drug-likeness (QED) is 0.665. The van der Waals surface area contributed by atoms with E-state index >= 15 is 0 Å². The van der Waals surface area contributed by atoms with Gasteiger partial charge in [-0.25, -0.2) is 15.0 Å². The van der Waals surface area contributed by atoms with E-state index in [0.717, 1.165) is 0 Å². The molecule has 0 amide bonds. The molecule has 0 N–H and O–H groups in total. The summed E-state index contributed by atoms with van der Waals surface area (Å²) >= 11 is 5.97. The van der Waals surface area contributed by atoms with E-state index < -0.39 is 0 Å². The van der Waals surface area contributed by atoms with Crippen LogP contribution in [-0.4, -0.2) is 15.0 Å². The van der Waals surface area contributed by atoms with E-state index in [0.29, 0.717) is 39.1 Å². The van der Waals surface area contributed by atoms with Crippen LogP contribution in [0.3, 0.4) is 0 Å². The molecule has 0 saturated carbocycles. The Morgan fingerprint density at radius 1 is 1.41 bits per heavy atom. The highest BCUT2D eigenvalue weighted by molar-refractivity contribution is 6.31. The normalized spacial score (nSPS) is 11.6. The Bertz CT molecular complexity index is 857. The monoisotopic (exact) mass is 313 g/mol. The van der Waals surface area contributed by atoms with Gasteiger partial charge in [0.1, 0.15) is 22.7 Å². The second-order valence-corrected chi connectivity index (χ2v) is 4.77. The second-order valence-electron chi connectivity index (χ2n) is 4.33. The van der Waals surface area contributed by atoms with Gasteiger partial charge in [-0.05, 0) is 31.2 Å². The fourth-order valence-electron chi connectivity index (χ4n) is 2.03. The van der Waals surface area contributed by atoms with Gasteiger partial charge in [0.2, 0.25) is 0 Å². The summed E-state index contributed by atoms with van der Waals surface area (Å²) in [6, 6.07) is 5.29. The van der Waals surface area contributed by atoms with Gasteiger partial charge in [-0.1, -0.05) is 18.2 Å². The number of fused-ring (bicyclic) bond motifs is 1. The molecule has 110 valence electrons. The van der Waals surface area contributed by atoms with E-state index in [2.05, 4.69) is 21.5 Å². The molecule has 6 heteroatoms. The van der Waals surface area contributed by atoms with Crippen LogP contribution in [0.1, 0.15) is 12.6 Å². The fourth-order valence-corrected chi connectivity index (χ4v) is 2.18. The van der Waals surface area contributed by atoms with E-state index in [4.69, 9.17) is 20.8 Å². The molecule has 0 saturated heterocycles. The number of hydrogen-bond donors (Lipinski definition) is 0. The lowest BCUT2D eigenvalue weighted by Crippen LogP contribution is -2.00. The minimum atomic E-state index is 0.474. The van der Waals surface area contributed by atoms with Gasteiger partial charge in [-0.2, -0.15) is 0 Å². The number of allylic oxidation sites excluding steroid dienone is 1. The van der Waals surface area contributed by atoms with Crippen LogP contribution in [0.5, 0.6) is 0 Å². The molecule has 3 rings (SSSR count). The van der Waals surface area contributed by atoms with Crippen molar-refractivity contribution in [1.82, 2.24) is 15.0 Å². The van der Waals surface area contributed by atoms with E-state index in [9.17, 15) is 0 Å². The molecule has 0 spiro atoms. The summed E-state index contributed by atoms with van der Waals surface area (Å²) in [5, 5.41) is 0.494. The smallest absolute Gasteiger partial charge is 0.179 e. The first-order chi connectivity index (χ1) is 10.7. The minimum absolute atomic E-state index is 0.474. The van der Waals surface area contributed by atoms with Crippen molar-refractivity contribution in [2.45, 2.75) is 6.92 Å². The Morgan fingerprint density at radius 3 is 2.95 bits per heavy atom. The molecule has 0 aliphatic heterocycles. The summed E-state index contributed by atoms with van der Waals surface area (Å²) in [6.45, 7) is 5.41. The largest absolute Gasteiger partial charge is 0.464 e. The zero-order chi connectivity index (χ0) is 15.5. The highest BCUT2D eigenvalue weighted by atomic mass is 35.5. The first-order valence-electron chi connectivity index (χ1n) is 6.54. The Kier molecular flexibility index (Phi) is 3.89. The number of hydrogen-bond acceptors (Lipinski definition) is 5. The van der Waals surface area contributed by atoms with Crippen LogP contribution in [0.2, 0.25) is 5.02 Å². The van der Waals surface area contributed by atoms with Crippen LogP contribution >= 0.6 is 11.6 Å². The van der Waals surface area contributed by atoms with E-state index in [1.54, 1.807) is 30.5 Å². The van der Waals surface area contributed by atoms with Crippen molar-refractivity contribution in [2.75, 3.05) is 0 Å². The number of ether oxygens (including phenoxy) is 1. The van der Waals surface area contributed by atoms with Crippen molar-refractivity contribution in [1.29, 1.82) is 0 Å². The molecule has 0 aliphatic rings. The van der Waals surface area contributed by atoms with Crippen LogP contribution in [0, 0.1) is 0 Å². The third kappa shape index (κ3) is 2.58. The predicted octanol–water partition coefficient (Wildman–Crippen LogP) is 4.46. The molecule has 5 nitrogen and oxygen atoms in total. The zero-order valence-corrected chi connectivity index (χ0v) is 12.5. The summed E-state index contributed by atoms with van der Waals surface area (Å²) < 4.78 is 10.9. The van der Waals surface area contributed by atoms with Gasteiger partial charge in [-0.15, -0.1) is 0 Å². The Morgan fingerprint density at radius 2 is 2.27 bits per heavy atom. The van der Waals surface area contributed by atoms with Crippen molar-refractivity contribution >= 4 is 28.5 Å². The predicted molar refractivity (Wildman–Crippen MR) is 85.0 cm³/mol. The third-order valence-electron chi connectivity index (χ3n) is 2.95. The van der Waals surface area contributed by atoms with E-state index in [1.165, 1.54) is 12.5 Å². The van der Waals surface area contributed by atoms with Crippen LogP contribution < -0.4 is 0 Å². The molecule has 0 unspecified atom stereocenters. The van der Waals surface area contributed by atoms with Crippen molar-refractivity contribution in [3.63, 3.8) is 0 Å². The Labute approximate surface area is 131 Å². The highest BCUT2D eigenvalue weighted by Gasteiger charge is 2.18. The molecule has 3 heterocycles. The molecule has 0 aliphatic carbocycles. The number of halogens is 1. The fraction of sp³-hybridized carbons (Fsp3) is 0.0625. The minimum Gasteiger partial charge on any atom is -0.464 e. The molecule has 0 atom stereocenters. The summed E-state index contributed by atoms with van der Waals surface area (Å²) in [7, 11) is 0. The number of furan rings is 1. The molecular formula is C16H12ClN3O2. The molecular weight excluding hydrogens is 302 g/mol. The molecule has 0 bridgehead atoms. The number of rotatable bonds is 4. The second kappa shape index (κ2) is 5.99. The molecule has 22 heavy (non-hydrogen) atoms. The van der Waals surface area contributed by atoms with Gasteiger partial charge >= 0.3 is 0 Å². The molecule has 0 fully saturated rings. The van der Waals surface area contributed by atoms with Crippen molar-refractivity contribution in [3.05, 3.63) is 60.3 Å². The lowest BCUT2D eigenvalue weighted by Gasteiger charge is -2.10. The van der Waals surface area contributed by atoms with Crippen LogP contribution in [0.4, 0.5) is 0 Å². The average molecular weight is 314 g/mol. The molecule has 0 radical (unpaired) electrons. The maximum absolute atomic E-state index is 5.97. The summed E-state index contributed by atoms with van der Waals surface area (Å²) in [5.74, 6) is 1.10. The highest BCUT2D eigenvalue weighted by Crippen LogP contribution is 2.29. The van der Waals surface area contributed by atoms with Gasteiger partial charge < -0.3 is 9.15 Å². The van der Waals surface area contributed by atoms with Gasteiger partial charge in [-0.3, -0.25) is 0 Å². The van der Waals surface area contributed by atoms with Crippen molar-refractivity contribution in [2.24, 2.45) is 0 Å². The first kappa shape index (κ1) is 14.3. The van der Waals surface area contributed by atoms with Crippen LogP contribution in [0.15, 0.2) is 54.0 Å². The van der Waals surface area contributed by atoms with Gasteiger partial charge in [0, 0.05) is 6.20 Å². The van der Waals surface area contributed by atoms with Crippen molar-refractivity contribution in [3.8, 4) is 11.5 Å². The molecule has 3 aromatic heterocycles. The SMILES string of the molecule is C=CO/C(=C\C)c1nc2ncc(Cl)cc2nc1-c1ccco1. The summed E-state index contributed by atoms with van der Waals surface area (Å²) in [5.41, 5.74) is 2.13. The topological polar surface area (TPSA) is 61.0 Å². The lowest BCUT2D eigenvalue weighted by atomic mass is 10.2. The molecule has 3 aromatic rings. The summed E-state index contributed by atoms with van der Waals surface area (Å²) in [6.07, 6.45) is 6.21. The van der Waals surface area contributed by atoms with Gasteiger partial charge in [0.15, 0.2) is 11.4 Å². The van der Waals surface area contributed by atoms with E-state index in [-0.39, 0.29) is 0 Å². The van der Waals surface area contributed by atoms with Gasteiger partial charge in [0.25, 0.3) is 0 Å². The van der Waals surface area contributed by atoms with Gasteiger partial charge in [0.05, 0.1) is 17.5 Å².